The van der Waals surface area contributed by atoms with Crippen molar-refractivity contribution in [2.45, 2.75) is 46.0 Å². The minimum atomic E-state index is -0.702. The van der Waals surface area contributed by atoms with Crippen molar-refractivity contribution < 1.29 is 18.7 Å². The van der Waals surface area contributed by atoms with E-state index in [1.165, 1.54) is 6.07 Å². The van der Waals surface area contributed by atoms with E-state index in [4.69, 9.17) is 9.47 Å². The summed E-state index contributed by atoms with van der Waals surface area (Å²) in [5.41, 5.74) is 2.04. The molecule has 0 saturated carbocycles. The molecule has 0 radical (unpaired) electrons. The summed E-state index contributed by atoms with van der Waals surface area (Å²) in [5, 5.41) is 2.71. The highest BCUT2D eigenvalue weighted by atomic mass is 19.1. The molecule has 0 bridgehead atoms. The van der Waals surface area contributed by atoms with Crippen molar-refractivity contribution >= 4 is 17.3 Å². The van der Waals surface area contributed by atoms with Crippen LogP contribution in [0.25, 0.3) is 0 Å². The Balaban J connectivity index is 1.63. The number of benzene rings is 2. The van der Waals surface area contributed by atoms with Gasteiger partial charge in [0.25, 0.3) is 5.91 Å². The third kappa shape index (κ3) is 5.01. The van der Waals surface area contributed by atoms with E-state index >= 15 is 0 Å². The quantitative estimate of drug-likeness (QED) is 0.839. The number of carbonyl (C=O) groups is 1. The van der Waals surface area contributed by atoms with E-state index in [1.54, 1.807) is 19.1 Å². The largest absolute Gasteiger partial charge is 0.481 e. The molecular weight excluding hydrogens is 359 g/mol. The normalized spacial score (nSPS) is 20.5. The first kappa shape index (κ1) is 20.1. The summed E-state index contributed by atoms with van der Waals surface area (Å²) in [5.74, 6) is -0.0853. The Morgan fingerprint density at radius 2 is 1.82 bits per heavy atom. The van der Waals surface area contributed by atoms with Crippen molar-refractivity contribution in [3.63, 3.8) is 0 Å². The molecule has 150 valence electrons. The molecule has 1 aliphatic rings. The number of morpholine rings is 1. The van der Waals surface area contributed by atoms with Gasteiger partial charge >= 0.3 is 0 Å². The van der Waals surface area contributed by atoms with Gasteiger partial charge in [-0.15, -0.1) is 0 Å². The van der Waals surface area contributed by atoms with E-state index in [9.17, 15) is 9.18 Å². The van der Waals surface area contributed by atoms with Crippen molar-refractivity contribution in [2.24, 2.45) is 0 Å². The highest BCUT2D eigenvalue weighted by Gasteiger charge is 2.24. The molecule has 28 heavy (non-hydrogen) atoms. The molecule has 3 rings (SSSR count). The number of anilines is 2. The van der Waals surface area contributed by atoms with Crippen LogP contribution in [0.5, 0.6) is 5.75 Å². The van der Waals surface area contributed by atoms with Gasteiger partial charge in [-0.05, 0) is 58.0 Å². The number of hydrogen-bond acceptors (Lipinski definition) is 4. The van der Waals surface area contributed by atoms with E-state index in [1.807, 2.05) is 49.9 Å². The standard InChI is InChI=1S/C22H27FN2O3/c1-14-5-8-19(9-6-14)28-17(4)22(26)24-18-7-10-21(20(23)11-18)25-12-15(2)27-16(3)13-25/h5-11,15-17H,12-13H2,1-4H3,(H,24,26). The van der Waals surface area contributed by atoms with Crippen molar-refractivity contribution in [2.75, 3.05) is 23.3 Å². The number of nitrogens with zero attached hydrogens (tertiary/aromatic N) is 1. The molecule has 5 nitrogen and oxygen atoms in total. The zero-order valence-corrected chi connectivity index (χ0v) is 16.7. The lowest BCUT2D eigenvalue weighted by Gasteiger charge is -2.37. The van der Waals surface area contributed by atoms with E-state index < -0.39 is 6.10 Å². The van der Waals surface area contributed by atoms with Gasteiger partial charge in [0.05, 0.1) is 17.9 Å². The fraction of sp³-hybridized carbons (Fsp3) is 0.409. The summed E-state index contributed by atoms with van der Waals surface area (Å²) >= 11 is 0. The number of amides is 1. The van der Waals surface area contributed by atoms with Gasteiger partial charge in [0.15, 0.2) is 6.10 Å². The number of ether oxygens (including phenoxy) is 2. The van der Waals surface area contributed by atoms with Gasteiger partial charge in [0, 0.05) is 18.8 Å². The van der Waals surface area contributed by atoms with Crippen LogP contribution in [-0.2, 0) is 9.53 Å². The van der Waals surface area contributed by atoms with Crippen LogP contribution in [0.15, 0.2) is 42.5 Å². The zero-order chi connectivity index (χ0) is 20.3. The first-order chi connectivity index (χ1) is 13.3. The topological polar surface area (TPSA) is 50.8 Å². The molecule has 3 unspecified atom stereocenters. The van der Waals surface area contributed by atoms with E-state index in [-0.39, 0.29) is 23.9 Å². The molecule has 1 N–H and O–H groups in total. The Morgan fingerprint density at radius 3 is 2.43 bits per heavy atom. The van der Waals surface area contributed by atoms with Crippen LogP contribution in [0.1, 0.15) is 26.3 Å². The van der Waals surface area contributed by atoms with E-state index in [0.29, 0.717) is 30.2 Å². The van der Waals surface area contributed by atoms with Gasteiger partial charge in [-0.2, -0.15) is 0 Å². The lowest BCUT2D eigenvalue weighted by Crippen LogP contribution is -2.45. The maximum Gasteiger partial charge on any atom is 0.265 e. The predicted octanol–water partition coefficient (Wildman–Crippen LogP) is 4.15. The van der Waals surface area contributed by atoms with E-state index in [0.717, 1.165) is 5.56 Å². The van der Waals surface area contributed by atoms with Crippen LogP contribution in [0.2, 0.25) is 0 Å². The number of rotatable bonds is 5. The maximum atomic E-state index is 14.7. The Hall–Kier alpha value is -2.60. The Bertz CT molecular complexity index is 815. The summed E-state index contributed by atoms with van der Waals surface area (Å²) in [4.78, 5) is 14.4. The number of nitrogens with one attached hydrogen (secondary N) is 1. The lowest BCUT2D eigenvalue weighted by molar-refractivity contribution is -0.122. The van der Waals surface area contributed by atoms with Crippen molar-refractivity contribution in [1.29, 1.82) is 0 Å². The molecule has 0 spiro atoms. The maximum absolute atomic E-state index is 14.7. The zero-order valence-electron chi connectivity index (χ0n) is 16.7. The monoisotopic (exact) mass is 386 g/mol. The molecule has 1 heterocycles. The van der Waals surface area contributed by atoms with Crippen LogP contribution in [-0.4, -0.2) is 37.3 Å². The van der Waals surface area contributed by atoms with Crippen LogP contribution in [0, 0.1) is 12.7 Å². The van der Waals surface area contributed by atoms with Crippen LogP contribution < -0.4 is 15.0 Å². The molecule has 0 aliphatic carbocycles. The summed E-state index contributed by atoms with van der Waals surface area (Å²) in [7, 11) is 0. The van der Waals surface area contributed by atoms with Gasteiger partial charge in [-0.3, -0.25) is 4.79 Å². The third-order valence-corrected chi connectivity index (χ3v) is 4.68. The summed E-state index contributed by atoms with van der Waals surface area (Å²) < 4.78 is 26.0. The molecule has 0 aromatic heterocycles. The van der Waals surface area contributed by atoms with Crippen molar-refractivity contribution in [1.82, 2.24) is 0 Å². The Morgan fingerprint density at radius 1 is 1.18 bits per heavy atom. The number of hydrogen-bond donors (Lipinski definition) is 1. The molecule has 1 saturated heterocycles. The molecule has 1 aliphatic heterocycles. The van der Waals surface area contributed by atoms with Gasteiger partial charge in [-0.1, -0.05) is 17.7 Å². The van der Waals surface area contributed by atoms with Crippen LogP contribution >= 0.6 is 0 Å². The smallest absolute Gasteiger partial charge is 0.265 e. The van der Waals surface area contributed by atoms with Crippen LogP contribution in [0.4, 0.5) is 15.8 Å². The fourth-order valence-corrected chi connectivity index (χ4v) is 3.33. The molecule has 2 aromatic rings. The van der Waals surface area contributed by atoms with Crippen molar-refractivity contribution in [3.05, 3.63) is 53.8 Å². The fourth-order valence-electron chi connectivity index (χ4n) is 3.33. The SMILES string of the molecule is Cc1ccc(OC(C)C(=O)Nc2ccc(N3CC(C)OC(C)C3)c(F)c2)cc1. The minimum absolute atomic E-state index is 0.0438. The highest BCUT2D eigenvalue weighted by molar-refractivity contribution is 5.94. The number of halogens is 1. The highest BCUT2D eigenvalue weighted by Crippen LogP contribution is 2.26. The summed E-state index contributed by atoms with van der Waals surface area (Å²) in [6, 6.07) is 12.2. The van der Waals surface area contributed by atoms with Gasteiger partial charge in [0.2, 0.25) is 0 Å². The average molecular weight is 386 g/mol. The molecule has 2 aromatic carbocycles. The molecule has 1 amide bonds. The second-order valence-corrected chi connectivity index (χ2v) is 7.39. The first-order valence-electron chi connectivity index (χ1n) is 9.56. The van der Waals surface area contributed by atoms with Crippen molar-refractivity contribution in [3.8, 4) is 5.75 Å². The summed E-state index contributed by atoms with van der Waals surface area (Å²) in [6.07, 6.45) is -0.615. The number of aryl methyl sites for hydroxylation is 1. The minimum Gasteiger partial charge on any atom is -0.481 e. The molecular formula is C22H27FN2O3. The van der Waals surface area contributed by atoms with E-state index in [2.05, 4.69) is 5.32 Å². The van der Waals surface area contributed by atoms with Gasteiger partial charge in [0.1, 0.15) is 11.6 Å². The predicted molar refractivity (Wildman–Crippen MR) is 109 cm³/mol. The first-order valence-corrected chi connectivity index (χ1v) is 9.56. The third-order valence-electron chi connectivity index (χ3n) is 4.68. The Kier molecular flexibility index (Phi) is 6.19. The van der Waals surface area contributed by atoms with Gasteiger partial charge < -0.3 is 19.7 Å². The average Bonchev–Trinajstić information content (AvgIpc) is 2.62. The molecule has 3 atom stereocenters. The second kappa shape index (κ2) is 8.61. The number of carbonyl (C=O) groups excluding carboxylic acids is 1. The molecule has 1 fully saturated rings. The summed E-state index contributed by atoms with van der Waals surface area (Å²) in [6.45, 7) is 8.87. The second-order valence-electron chi connectivity index (χ2n) is 7.39. The van der Waals surface area contributed by atoms with Crippen LogP contribution in [0.3, 0.4) is 0 Å². The Labute approximate surface area is 165 Å². The van der Waals surface area contributed by atoms with Gasteiger partial charge in [-0.25, -0.2) is 4.39 Å². The molecule has 6 heteroatoms. The lowest BCUT2D eigenvalue weighted by atomic mass is 10.1.